The fourth-order valence-electron chi connectivity index (χ4n) is 5.96. The van der Waals surface area contributed by atoms with Crippen molar-refractivity contribution in [3.63, 3.8) is 0 Å². The van der Waals surface area contributed by atoms with Gasteiger partial charge in [0.25, 0.3) is 0 Å². The van der Waals surface area contributed by atoms with Crippen LogP contribution in [0.5, 0.6) is 0 Å². The zero-order valence-electron chi connectivity index (χ0n) is 13.3. The quantitative estimate of drug-likeness (QED) is 0.670. The predicted octanol–water partition coefficient (Wildman–Crippen LogP) is 2.42. The zero-order chi connectivity index (χ0) is 14.1. The van der Waals surface area contributed by atoms with Crippen molar-refractivity contribution in [2.45, 2.75) is 45.4 Å². The van der Waals surface area contributed by atoms with Crippen LogP contribution in [-0.4, -0.2) is 39.9 Å². The van der Waals surface area contributed by atoms with Crippen LogP contribution < -0.4 is 10.6 Å². The van der Waals surface area contributed by atoms with E-state index in [1.165, 1.54) is 45.1 Å². The van der Waals surface area contributed by atoms with Crippen LogP contribution in [0.3, 0.4) is 0 Å². The summed E-state index contributed by atoms with van der Waals surface area (Å²) in [6.45, 7) is 7.74. The highest BCUT2D eigenvalue weighted by atomic mass is 16.5. The van der Waals surface area contributed by atoms with Gasteiger partial charge in [-0.25, -0.2) is 0 Å². The van der Waals surface area contributed by atoms with Gasteiger partial charge >= 0.3 is 0 Å². The van der Waals surface area contributed by atoms with Crippen molar-refractivity contribution in [2.75, 3.05) is 39.9 Å². The Morgan fingerprint density at radius 2 is 1.70 bits per heavy atom. The van der Waals surface area contributed by atoms with Crippen LogP contribution in [0.2, 0.25) is 0 Å². The summed E-state index contributed by atoms with van der Waals surface area (Å²) in [6, 6.07) is 0. The summed E-state index contributed by atoms with van der Waals surface area (Å²) >= 11 is 0. The summed E-state index contributed by atoms with van der Waals surface area (Å²) in [7, 11) is 1.76. The smallest absolute Gasteiger partial charge is 0.0587 e. The van der Waals surface area contributed by atoms with Crippen LogP contribution in [0, 0.1) is 22.7 Å². The molecule has 4 fully saturated rings. The second kappa shape index (κ2) is 5.94. The van der Waals surface area contributed by atoms with Gasteiger partial charge in [0.15, 0.2) is 0 Å². The summed E-state index contributed by atoms with van der Waals surface area (Å²) in [4.78, 5) is 0. The Morgan fingerprint density at radius 1 is 1.00 bits per heavy atom. The van der Waals surface area contributed by atoms with Crippen LogP contribution in [0.1, 0.15) is 45.4 Å². The average Bonchev–Trinajstić information content (AvgIpc) is 2.34. The van der Waals surface area contributed by atoms with E-state index >= 15 is 0 Å². The fraction of sp³-hybridized carbons (Fsp3) is 1.00. The second-order valence-electron chi connectivity index (χ2n) is 8.19. The molecular formula is C17H32N2O. The van der Waals surface area contributed by atoms with Gasteiger partial charge in [-0.15, -0.1) is 0 Å². The minimum Gasteiger partial charge on any atom is -0.383 e. The van der Waals surface area contributed by atoms with Gasteiger partial charge in [0.05, 0.1) is 6.61 Å². The summed E-state index contributed by atoms with van der Waals surface area (Å²) in [5.74, 6) is 2.09. The van der Waals surface area contributed by atoms with Crippen molar-refractivity contribution in [1.82, 2.24) is 10.6 Å². The molecule has 4 aliphatic rings. The molecule has 0 aliphatic heterocycles. The van der Waals surface area contributed by atoms with Gasteiger partial charge in [-0.3, -0.25) is 0 Å². The van der Waals surface area contributed by atoms with Gasteiger partial charge < -0.3 is 15.4 Å². The monoisotopic (exact) mass is 280 g/mol. The van der Waals surface area contributed by atoms with Crippen LogP contribution in [0.4, 0.5) is 0 Å². The zero-order valence-corrected chi connectivity index (χ0v) is 13.3. The molecule has 0 spiro atoms. The molecule has 4 aliphatic carbocycles. The summed E-state index contributed by atoms with van der Waals surface area (Å²) < 4.78 is 5.04. The van der Waals surface area contributed by atoms with Crippen molar-refractivity contribution in [2.24, 2.45) is 22.7 Å². The summed E-state index contributed by atoms with van der Waals surface area (Å²) in [5, 5.41) is 7.15. The topological polar surface area (TPSA) is 33.3 Å². The van der Waals surface area contributed by atoms with Crippen molar-refractivity contribution in [3.8, 4) is 0 Å². The second-order valence-corrected chi connectivity index (χ2v) is 8.19. The molecule has 0 radical (unpaired) electrons. The fourth-order valence-corrected chi connectivity index (χ4v) is 5.96. The maximum Gasteiger partial charge on any atom is 0.0587 e. The molecule has 2 atom stereocenters. The summed E-state index contributed by atoms with van der Waals surface area (Å²) in [5.41, 5.74) is 1.33. The maximum absolute atomic E-state index is 5.04. The lowest BCUT2D eigenvalue weighted by Gasteiger charge is -2.61. The van der Waals surface area contributed by atoms with E-state index in [-0.39, 0.29) is 0 Å². The molecule has 4 rings (SSSR count). The van der Waals surface area contributed by atoms with Gasteiger partial charge in [-0.05, 0) is 61.2 Å². The van der Waals surface area contributed by atoms with Crippen molar-refractivity contribution in [3.05, 3.63) is 0 Å². The Balaban J connectivity index is 1.41. The Hall–Kier alpha value is -0.120. The highest BCUT2D eigenvalue weighted by Crippen LogP contribution is 2.64. The third kappa shape index (κ3) is 3.20. The number of nitrogens with one attached hydrogen (secondary N) is 2. The molecule has 0 saturated heterocycles. The van der Waals surface area contributed by atoms with E-state index in [0.717, 1.165) is 38.1 Å². The molecule has 4 bridgehead atoms. The molecule has 0 heterocycles. The van der Waals surface area contributed by atoms with E-state index in [9.17, 15) is 0 Å². The number of rotatable bonds is 8. The standard InChI is InChI=1S/C17H32N2O/c1-16-8-14-7-15(9-16)11-17(10-14,12-16)13-19-4-3-18-5-6-20-2/h14-15,18-19H,3-13H2,1-2H3. The van der Waals surface area contributed by atoms with Crippen LogP contribution in [0.25, 0.3) is 0 Å². The van der Waals surface area contributed by atoms with Crippen molar-refractivity contribution in [1.29, 1.82) is 0 Å². The van der Waals surface area contributed by atoms with Crippen LogP contribution in [-0.2, 0) is 4.74 Å². The summed E-state index contributed by atoms with van der Waals surface area (Å²) in [6.07, 6.45) is 9.06. The first-order valence-electron chi connectivity index (χ1n) is 8.54. The largest absolute Gasteiger partial charge is 0.383 e. The van der Waals surface area contributed by atoms with Gasteiger partial charge in [0.1, 0.15) is 0 Å². The minimum atomic E-state index is 0.644. The molecule has 4 saturated carbocycles. The molecule has 2 unspecified atom stereocenters. The lowest BCUT2D eigenvalue weighted by Crippen LogP contribution is -2.54. The molecule has 0 aromatic carbocycles. The number of hydrogen-bond donors (Lipinski definition) is 2. The SMILES string of the molecule is COCCNCCNCC12CC3CC(CC(C)(C3)C1)C2. The Bertz CT molecular complexity index is 317. The Morgan fingerprint density at radius 3 is 2.35 bits per heavy atom. The lowest BCUT2D eigenvalue weighted by atomic mass is 9.44. The molecule has 0 aromatic rings. The highest BCUT2D eigenvalue weighted by molar-refractivity contribution is 5.06. The number of methoxy groups -OCH3 is 1. The third-order valence-electron chi connectivity index (χ3n) is 5.94. The van der Waals surface area contributed by atoms with E-state index in [1.807, 2.05) is 0 Å². The molecule has 2 N–H and O–H groups in total. The Kier molecular flexibility index (Phi) is 4.40. The molecule has 0 amide bonds. The first-order chi connectivity index (χ1) is 9.63. The van der Waals surface area contributed by atoms with Crippen LogP contribution >= 0.6 is 0 Å². The Labute approximate surface area is 124 Å². The van der Waals surface area contributed by atoms with E-state index in [0.29, 0.717) is 10.8 Å². The first kappa shape index (κ1) is 14.8. The van der Waals surface area contributed by atoms with Gasteiger partial charge in [-0.1, -0.05) is 6.92 Å². The minimum absolute atomic E-state index is 0.644. The van der Waals surface area contributed by atoms with E-state index in [1.54, 1.807) is 7.11 Å². The molecule has 116 valence electrons. The molecule has 3 nitrogen and oxygen atoms in total. The van der Waals surface area contributed by atoms with Crippen molar-refractivity contribution < 1.29 is 4.74 Å². The van der Waals surface area contributed by atoms with E-state index in [2.05, 4.69) is 17.6 Å². The van der Waals surface area contributed by atoms with Crippen LogP contribution in [0.15, 0.2) is 0 Å². The number of ether oxygens (including phenoxy) is 1. The van der Waals surface area contributed by atoms with Gasteiger partial charge in [0, 0.05) is 33.3 Å². The number of hydrogen-bond acceptors (Lipinski definition) is 3. The van der Waals surface area contributed by atoms with E-state index in [4.69, 9.17) is 4.74 Å². The van der Waals surface area contributed by atoms with Gasteiger partial charge in [0.2, 0.25) is 0 Å². The van der Waals surface area contributed by atoms with E-state index < -0.39 is 0 Å². The first-order valence-corrected chi connectivity index (χ1v) is 8.54. The normalized spacial score (nSPS) is 42.3. The molecular weight excluding hydrogens is 248 g/mol. The van der Waals surface area contributed by atoms with Gasteiger partial charge in [-0.2, -0.15) is 0 Å². The molecule has 20 heavy (non-hydrogen) atoms. The predicted molar refractivity (Wildman–Crippen MR) is 82.8 cm³/mol. The lowest BCUT2D eigenvalue weighted by molar-refractivity contribution is -0.0997. The maximum atomic E-state index is 5.04. The molecule has 0 aromatic heterocycles. The molecule has 3 heteroatoms. The average molecular weight is 280 g/mol. The highest BCUT2D eigenvalue weighted by Gasteiger charge is 2.55. The van der Waals surface area contributed by atoms with Crippen molar-refractivity contribution >= 4 is 0 Å². The third-order valence-corrected chi connectivity index (χ3v) is 5.94.